The van der Waals surface area contributed by atoms with Gasteiger partial charge in [0.05, 0.1) is 11.8 Å². The lowest BCUT2D eigenvalue weighted by atomic mass is 10.1. The van der Waals surface area contributed by atoms with Crippen LogP contribution in [-0.4, -0.2) is 53.6 Å². The lowest BCUT2D eigenvalue weighted by molar-refractivity contribution is 0.100. The zero-order valence-electron chi connectivity index (χ0n) is 15.6. The van der Waals surface area contributed by atoms with Gasteiger partial charge >= 0.3 is 6.03 Å². The largest absolute Gasteiger partial charge is 0.378 e. The summed E-state index contributed by atoms with van der Waals surface area (Å²) in [7, 11) is 1.86. The standard InChI is InChI=1S/C18H32N4O2/c1-14-15(2)20-22(16(14)3)12-7-10-19-18(23)21(4)11-5-8-17-9-6-13-24-17/h17H,5-13H2,1-4H3,(H,19,23)/t17-/m1/s1. The van der Waals surface area contributed by atoms with Gasteiger partial charge in [0.2, 0.25) is 0 Å². The van der Waals surface area contributed by atoms with Crippen molar-refractivity contribution in [3.63, 3.8) is 0 Å². The fourth-order valence-electron chi connectivity index (χ4n) is 3.09. The first kappa shape index (κ1) is 18.8. The molecule has 1 N–H and O–H groups in total. The average Bonchev–Trinajstić information content (AvgIpc) is 3.16. The monoisotopic (exact) mass is 336 g/mol. The third-order valence-corrected chi connectivity index (χ3v) is 4.96. The highest BCUT2D eigenvalue weighted by Gasteiger charge is 2.16. The molecule has 0 spiro atoms. The van der Waals surface area contributed by atoms with Gasteiger partial charge < -0.3 is 15.0 Å². The Bertz CT molecular complexity index is 535. The first-order chi connectivity index (χ1) is 11.5. The smallest absolute Gasteiger partial charge is 0.317 e. The number of amides is 2. The van der Waals surface area contributed by atoms with Gasteiger partial charge in [0, 0.05) is 39.0 Å². The van der Waals surface area contributed by atoms with Crippen LogP contribution in [0.1, 0.15) is 49.1 Å². The highest BCUT2D eigenvalue weighted by molar-refractivity contribution is 5.73. The number of aryl methyl sites for hydroxylation is 2. The van der Waals surface area contributed by atoms with Crippen LogP contribution in [0.3, 0.4) is 0 Å². The maximum absolute atomic E-state index is 12.1. The number of carbonyl (C=O) groups is 1. The molecule has 0 aliphatic carbocycles. The third kappa shape index (κ3) is 5.23. The van der Waals surface area contributed by atoms with E-state index in [2.05, 4.69) is 24.3 Å². The molecule has 1 aliphatic heterocycles. The van der Waals surface area contributed by atoms with E-state index in [4.69, 9.17) is 4.74 Å². The Morgan fingerprint density at radius 2 is 2.17 bits per heavy atom. The van der Waals surface area contributed by atoms with Crippen molar-refractivity contribution < 1.29 is 9.53 Å². The number of hydrogen-bond donors (Lipinski definition) is 1. The van der Waals surface area contributed by atoms with E-state index in [1.165, 1.54) is 24.1 Å². The number of carbonyl (C=O) groups excluding carboxylic acids is 1. The van der Waals surface area contributed by atoms with Crippen molar-refractivity contribution in [3.05, 3.63) is 17.0 Å². The number of ether oxygens (including phenoxy) is 1. The highest BCUT2D eigenvalue weighted by Crippen LogP contribution is 2.16. The number of nitrogens with one attached hydrogen (secondary N) is 1. The molecule has 6 heteroatoms. The number of aromatic nitrogens is 2. The van der Waals surface area contributed by atoms with Crippen LogP contribution in [0.5, 0.6) is 0 Å². The van der Waals surface area contributed by atoms with Crippen molar-refractivity contribution in [2.75, 3.05) is 26.7 Å². The molecule has 6 nitrogen and oxygen atoms in total. The van der Waals surface area contributed by atoms with Gasteiger partial charge in [0.1, 0.15) is 0 Å². The van der Waals surface area contributed by atoms with Crippen molar-refractivity contribution in [1.29, 1.82) is 0 Å². The average molecular weight is 336 g/mol. The Balaban J connectivity index is 1.58. The molecule has 1 aromatic heterocycles. The molecule has 1 aliphatic rings. The second-order valence-corrected chi connectivity index (χ2v) is 6.80. The summed E-state index contributed by atoms with van der Waals surface area (Å²) in [5.41, 5.74) is 3.55. The lowest BCUT2D eigenvalue weighted by Gasteiger charge is -2.19. The highest BCUT2D eigenvalue weighted by atomic mass is 16.5. The molecule has 0 saturated carbocycles. The molecule has 0 unspecified atom stereocenters. The van der Waals surface area contributed by atoms with Crippen LogP contribution in [-0.2, 0) is 11.3 Å². The Kier molecular flexibility index (Phi) is 7.09. The van der Waals surface area contributed by atoms with Crippen LogP contribution in [0.4, 0.5) is 4.79 Å². The van der Waals surface area contributed by atoms with E-state index < -0.39 is 0 Å². The van der Waals surface area contributed by atoms with Crippen LogP contribution in [0, 0.1) is 20.8 Å². The minimum Gasteiger partial charge on any atom is -0.378 e. The molecule has 0 radical (unpaired) electrons. The number of hydrogen-bond acceptors (Lipinski definition) is 3. The second-order valence-electron chi connectivity index (χ2n) is 6.80. The molecule has 2 heterocycles. The van der Waals surface area contributed by atoms with Gasteiger partial charge in [-0.25, -0.2) is 4.79 Å². The van der Waals surface area contributed by atoms with Crippen molar-refractivity contribution in [3.8, 4) is 0 Å². The van der Waals surface area contributed by atoms with Gasteiger partial charge in [-0.1, -0.05) is 0 Å². The van der Waals surface area contributed by atoms with Gasteiger partial charge in [0.15, 0.2) is 0 Å². The Labute approximate surface area is 145 Å². The fourth-order valence-corrected chi connectivity index (χ4v) is 3.09. The zero-order chi connectivity index (χ0) is 17.5. The van der Waals surface area contributed by atoms with Crippen LogP contribution >= 0.6 is 0 Å². The fraction of sp³-hybridized carbons (Fsp3) is 0.778. The molecular weight excluding hydrogens is 304 g/mol. The van der Waals surface area contributed by atoms with E-state index in [1.807, 2.05) is 18.7 Å². The Morgan fingerprint density at radius 1 is 1.38 bits per heavy atom. The molecule has 1 aromatic rings. The molecule has 0 aromatic carbocycles. The van der Waals surface area contributed by atoms with E-state index in [-0.39, 0.29) is 6.03 Å². The number of nitrogens with zero attached hydrogens (tertiary/aromatic N) is 3. The van der Waals surface area contributed by atoms with Gasteiger partial charge in [-0.05, 0) is 58.4 Å². The van der Waals surface area contributed by atoms with Crippen molar-refractivity contribution in [2.45, 2.75) is 65.5 Å². The second kappa shape index (κ2) is 9.06. The summed E-state index contributed by atoms with van der Waals surface area (Å²) in [5.74, 6) is 0. The first-order valence-corrected chi connectivity index (χ1v) is 9.10. The van der Waals surface area contributed by atoms with Crippen molar-refractivity contribution in [2.24, 2.45) is 0 Å². The third-order valence-electron chi connectivity index (χ3n) is 4.96. The molecule has 1 atom stereocenters. The summed E-state index contributed by atoms with van der Waals surface area (Å²) in [6.45, 7) is 9.41. The van der Waals surface area contributed by atoms with Crippen LogP contribution in [0.15, 0.2) is 0 Å². The molecule has 0 bridgehead atoms. The Hall–Kier alpha value is -1.56. The maximum Gasteiger partial charge on any atom is 0.317 e. The topological polar surface area (TPSA) is 59.4 Å². The summed E-state index contributed by atoms with van der Waals surface area (Å²) in [6.07, 6.45) is 5.69. The van der Waals surface area contributed by atoms with E-state index in [0.717, 1.165) is 44.7 Å². The van der Waals surface area contributed by atoms with E-state index >= 15 is 0 Å². The van der Waals surface area contributed by atoms with Gasteiger partial charge in [-0.3, -0.25) is 4.68 Å². The quantitative estimate of drug-likeness (QED) is 0.743. The van der Waals surface area contributed by atoms with E-state index in [9.17, 15) is 4.79 Å². The summed E-state index contributed by atoms with van der Waals surface area (Å²) in [5, 5.41) is 7.51. The van der Waals surface area contributed by atoms with Gasteiger partial charge in [0.25, 0.3) is 0 Å². The Morgan fingerprint density at radius 3 is 2.79 bits per heavy atom. The molecule has 1 saturated heterocycles. The van der Waals surface area contributed by atoms with Crippen LogP contribution in [0.25, 0.3) is 0 Å². The van der Waals surface area contributed by atoms with Crippen molar-refractivity contribution in [1.82, 2.24) is 20.0 Å². The van der Waals surface area contributed by atoms with Gasteiger partial charge in [-0.15, -0.1) is 0 Å². The normalized spacial score (nSPS) is 17.2. The number of rotatable bonds is 8. The predicted molar refractivity (Wildman–Crippen MR) is 95.3 cm³/mol. The summed E-state index contributed by atoms with van der Waals surface area (Å²) in [6, 6.07) is 0.00638. The zero-order valence-corrected chi connectivity index (χ0v) is 15.6. The van der Waals surface area contributed by atoms with E-state index in [0.29, 0.717) is 12.6 Å². The summed E-state index contributed by atoms with van der Waals surface area (Å²) < 4.78 is 7.64. The van der Waals surface area contributed by atoms with Crippen LogP contribution in [0.2, 0.25) is 0 Å². The summed E-state index contributed by atoms with van der Waals surface area (Å²) >= 11 is 0. The molecule has 2 amide bonds. The SMILES string of the molecule is Cc1nn(CCCNC(=O)N(C)CCC[C@@H]2CCCO2)c(C)c1C. The minimum atomic E-state index is 0.00638. The molecule has 24 heavy (non-hydrogen) atoms. The van der Waals surface area contributed by atoms with Crippen LogP contribution < -0.4 is 5.32 Å². The van der Waals surface area contributed by atoms with E-state index in [1.54, 1.807) is 4.90 Å². The van der Waals surface area contributed by atoms with Gasteiger partial charge in [-0.2, -0.15) is 5.10 Å². The molecule has 2 rings (SSSR count). The first-order valence-electron chi connectivity index (χ1n) is 9.10. The van der Waals surface area contributed by atoms with Crippen molar-refractivity contribution >= 4 is 6.03 Å². The minimum absolute atomic E-state index is 0.00638. The molecular formula is C18H32N4O2. The molecule has 1 fully saturated rings. The summed E-state index contributed by atoms with van der Waals surface area (Å²) in [4.78, 5) is 13.8. The molecule has 136 valence electrons. The lowest BCUT2D eigenvalue weighted by Crippen LogP contribution is -2.38. The maximum atomic E-state index is 12.1. The predicted octanol–water partition coefficient (Wildman–Crippen LogP) is 2.80. The number of urea groups is 1.